The zero-order chi connectivity index (χ0) is 33.9. The Morgan fingerprint density at radius 3 is 1.88 bits per heavy atom. The highest BCUT2D eigenvalue weighted by molar-refractivity contribution is 7.85. The van der Waals surface area contributed by atoms with E-state index in [0.29, 0.717) is 0 Å². The highest BCUT2D eigenvalue weighted by Crippen LogP contribution is 2.45. The molecule has 0 saturated heterocycles. The summed E-state index contributed by atoms with van der Waals surface area (Å²) in [4.78, 5) is 9.89. The van der Waals surface area contributed by atoms with Gasteiger partial charge in [0.2, 0.25) is 0 Å². The SMILES string of the molecule is O=P(c1ccccc1)(c1ccccc1)c1ccc(-c2cc3c(oc4cccc(-c5ccc6ccc7cccnc7c6n5)c43)c3ccccc23)cc1. The van der Waals surface area contributed by atoms with Crippen LogP contribution in [0.2, 0.25) is 0 Å². The summed E-state index contributed by atoms with van der Waals surface area (Å²) in [7, 11) is -3.10. The molecule has 0 aliphatic rings. The Bertz CT molecular complexity index is 2950. The first-order valence-electron chi connectivity index (χ1n) is 17.0. The first-order valence-corrected chi connectivity index (χ1v) is 18.7. The molecule has 7 aromatic carbocycles. The second-order valence-corrected chi connectivity index (χ2v) is 15.6. The largest absolute Gasteiger partial charge is 0.455 e. The minimum atomic E-state index is -3.10. The number of furan rings is 1. The van der Waals surface area contributed by atoms with Gasteiger partial charge in [0.25, 0.3) is 0 Å². The maximum absolute atomic E-state index is 15.1. The van der Waals surface area contributed by atoms with Crippen molar-refractivity contribution in [3.05, 3.63) is 176 Å². The van der Waals surface area contributed by atoms with Gasteiger partial charge in [0, 0.05) is 54.6 Å². The molecular weight excluding hydrogens is 643 g/mol. The number of rotatable bonds is 5. The van der Waals surface area contributed by atoms with Gasteiger partial charge in [-0.1, -0.05) is 146 Å². The molecule has 0 amide bonds. The van der Waals surface area contributed by atoms with Crippen molar-refractivity contribution >= 4 is 77.6 Å². The van der Waals surface area contributed by atoms with Crippen molar-refractivity contribution in [2.24, 2.45) is 0 Å². The van der Waals surface area contributed by atoms with E-state index in [2.05, 4.69) is 83.8 Å². The number of hydrogen-bond acceptors (Lipinski definition) is 4. The number of hydrogen-bond donors (Lipinski definition) is 0. The van der Waals surface area contributed by atoms with Gasteiger partial charge in [-0.15, -0.1) is 0 Å². The predicted octanol–water partition coefficient (Wildman–Crippen LogP) is 10.8. The van der Waals surface area contributed by atoms with E-state index in [4.69, 9.17) is 9.40 Å². The summed E-state index contributed by atoms with van der Waals surface area (Å²) in [6, 6.07) is 57.2. The molecule has 5 heteroatoms. The van der Waals surface area contributed by atoms with Crippen molar-refractivity contribution in [1.82, 2.24) is 9.97 Å². The van der Waals surface area contributed by atoms with E-state index >= 15 is 4.57 Å². The van der Waals surface area contributed by atoms with Crippen molar-refractivity contribution in [3.8, 4) is 22.4 Å². The van der Waals surface area contributed by atoms with Gasteiger partial charge in [0.1, 0.15) is 11.2 Å². The lowest BCUT2D eigenvalue weighted by Gasteiger charge is -2.20. The smallest absolute Gasteiger partial charge is 0.171 e. The van der Waals surface area contributed by atoms with Crippen LogP contribution in [0.4, 0.5) is 0 Å². The third kappa shape index (κ3) is 4.65. The Hall–Kier alpha value is -6.35. The van der Waals surface area contributed by atoms with Crippen molar-refractivity contribution in [3.63, 3.8) is 0 Å². The molecular formula is C46H29N2O2P. The molecule has 0 unspecified atom stereocenters. The standard InChI is InChI=1S/C46H29N2O2P/c49-51(33-12-3-1-4-13-33,34-14-5-2-6-15-34)35-25-22-30(23-26-35)39-29-40-43-38(18-9-19-42(43)50-46(40)37-17-8-7-16-36(37)39)41-27-24-32-21-20-31-11-10-28-47-44(31)45(32)48-41/h1-29H. The minimum absolute atomic E-state index is 0.800. The van der Waals surface area contributed by atoms with Crippen LogP contribution < -0.4 is 15.9 Å². The molecule has 3 aromatic heterocycles. The van der Waals surface area contributed by atoms with Gasteiger partial charge in [-0.2, -0.15) is 0 Å². The molecule has 0 atom stereocenters. The van der Waals surface area contributed by atoms with Crippen LogP contribution in [0.25, 0.3) is 76.9 Å². The fourth-order valence-corrected chi connectivity index (χ4v) is 10.2. The minimum Gasteiger partial charge on any atom is -0.455 e. The van der Waals surface area contributed by atoms with Crippen molar-refractivity contribution in [2.45, 2.75) is 0 Å². The molecule has 10 aromatic rings. The zero-order valence-electron chi connectivity index (χ0n) is 27.4. The van der Waals surface area contributed by atoms with Crippen LogP contribution in [0, 0.1) is 0 Å². The summed E-state index contributed by atoms with van der Waals surface area (Å²) in [6.07, 6.45) is 1.82. The highest BCUT2D eigenvalue weighted by atomic mass is 31.2. The third-order valence-electron chi connectivity index (χ3n) is 9.99. The van der Waals surface area contributed by atoms with Crippen LogP contribution in [0.3, 0.4) is 0 Å². The third-order valence-corrected chi connectivity index (χ3v) is 13.1. The molecule has 0 bridgehead atoms. The fourth-order valence-electron chi connectivity index (χ4n) is 7.55. The van der Waals surface area contributed by atoms with Gasteiger partial charge < -0.3 is 8.98 Å². The van der Waals surface area contributed by atoms with E-state index in [1.807, 2.05) is 97.2 Å². The molecule has 240 valence electrons. The van der Waals surface area contributed by atoms with Crippen molar-refractivity contribution in [2.75, 3.05) is 0 Å². The normalized spacial score (nSPS) is 12.0. The summed E-state index contributed by atoms with van der Waals surface area (Å²) >= 11 is 0. The Morgan fingerprint density at radius 1 is 0.490 bits per heavy atom. The van der Waals surface area contributed by atoms with Crippen molar-refractivity contribution in [1.29, 1.82) is 0 Å². The predicted molar refractivity (Wildman–Crippen MR) is 212 cm³/mol. The average molecular weight is 673 g/mol. The van der Waals surface area contributed by atoms with Crippen LogP contribution >= 0.6 is 7.14 Å². The number of benzene rings is 7. The van der Waals surface area contributed by atoms with E-state index in [1.165, 1.54) is 0 Å². The topological polar surface area (TPSA) is 56.0 Å². The quantitative estimate of drug-likeness (QED) is 0.135. The van der Waals surface area contributed by atoms with Crippen LogP contribution in [0.15, 0.2) is 180 Å². The van der Waals surface area contributed by atoms with E-state index < -0.39 is 7.14 Å². The van der Waals surface area contributed by atoms with Gasteiger partial charge in [-0.05, 0) is 40.8 Å². The Balaban J connectivity index is 1.17. The molecule has 10 rings (SSSR count). The monoisotopic (exact) mass is 672 g/mol. The Morgan fingerprint density at radius 2 is 1.14 bits per heavy atom. The molecule has 0 N–H and O–H groups in total. The summed E-state index contributed by atoms with van der Waals surface area (Å²) in [5.41, 5.74) is 7.42. The van der Waals surface area contributed by atoms with E-state index in [-0.39, 0.29) is 0 Å². The van der Waals surface area contributed by atoms with Gasteiger partial charge in [-0.25, -0.2) is 4.98 Å². The van der Waals surface area contributed by atoms with E-state index in [9.17, 15) is 0 Å². The second-order valence-electron chi connectivity index (χ2n) is 12.9. The maximum atomic E-state index is 15.1. The summed E-state index contributed by atoms with van der Waals surface area (Å²) < 4.78 is 21.7. The number of fused-ring (bicyclic) bond motifs is 8. The van der Waals surface area contributed by atoms with Gasteiger partial charge in [0.15, 0.2) is 7.14 Å². The van der Waals surface area contributed by atoms with Crippen LogP contribution in [-0.2, 0) is 4.57 Å². The summed E-state index contributed by atoms with van der Waals surface area (Å²) in [6.45, 7) is 0. The molecule has 0 aliphatic heterocycles. The second kappa shape index (κ2) is 11.6. The molecule has 3 heterocycles. The van der Waals surface area contributed by atoms with Gasteiger partial charge in [0.05, 0.1) is 16.7 Å². The molecule has 0 fully saturated rings. The Kier molecular flexibility index (Phi) is 6.74. The fraction of sp³-hybridized carbons (Fsp3) is 0. The lowest BCUT2D eigenvalue weighted by Crippen LogP contribution is -2.24. The zero-order valence-corrected chi connectivity index (χ0v) is 28.3. The van der Waals surface area contributed by atoms with E-state index in [0.717, 1.165) is 92.8 Å². The lowest BCUT2D eigenvalue weighted by molar-refractivity contribution is 0.592. The highest BCUT2D eigenvalue weighted by Gasteiger charge is 2.29. The van der Waals surface area contributed by atoms with Crippen LogP contribution in [0.1, 0.15) is 0 Å². The first-order chi connectivity index (χ1) is 25.2. The molecule has 0 saturated carbocycles. The van der Waals surface area contributed by atoms with Crippen molar-refractivity contribution < 1.29 is 8.98 Å². The van der Waals surface area contributed by atoms with Crippen LogP contribution in [0.5, 0.6) is 0 Å². The van der Waals surface area contributed by atoms with E-state index in [1.54, 1.807) is 0 Å². The number of pyridine rings is 2. The molecule has 0 spiro atoms. The summed E-state index contributed by atoms with van der Waals surface area (Å²) in [5.74, 6) is 0. The van der Waals surface area contributed by atoms with Crippen LogP contribution in [-0.4, -0.2) is 9.97 Å². The average Bonchev–Trinajstić information content (AvgIpc) is 3.60. The summed E-state index contributed by atoms with van der Waals surface area (Å²) in [5, 5.41) is 8.73. The Labute approximate surface area is 294 Å². The first kappa shape index (κ1) is 29.6. The number of nitrogens with zero attached hydrogens (tertiary/aromatic N) is 2. The number of aromatic nitrogens is 2. The maximum Gasteiger partial charge on any atom is 0.171 e. The molecule has 4 nitrogen and oxygen atoms in total. The molecule has 51 heavy (non-hydrogen) atoms. The lowest BCUT2D eigenvalue weighted by atomic mass is 9.94. The molecule has 0 aliphatic carbocycles. The van der Waals surface area contributed by atoms with Gasteiger partial charge >= 0.3 is 0 Å². The van der Waals surface area contributed by atoms with Gasteiger partial charge in [-0.3, -0.25) is 4.98 Å². The molecule has 0 radical (unpaired) electrons.